The van der Waals surface area contributed by atoms with Gasteiger partial charge in [-0.1, -0.05) is 20.3 Å². The first kappa shape index (κ1) is 16.7. The number of rotatable bonds is 4. The van der Waals surface area contributed by atoms with Crippen molar-refractivity contribution in [2.45, 2.75) is 64.1 Å². The molecule has 4 atom stereocenters. The summed E-state index contributed by atoms with van der Waals surface area (Å²) in [5.41, 5.74) is 6.05. The Labute approximate surface area is 122 Å². The summed E-state index contributed by atoms with van der Waals surface area (Å²) in [6.07, 6.45) is 5.11. The normalized spacial score (nSPS) is 36.2. The zero-order valence-corrected chi connectivity index (χ0v) is 13.0. The third-order valence-electron chi connectivity index (χ3n) is 4.96. The number of halogens is 1. The highest BCUT2D eigenvalue weighted by Gasteiger charge is 2.49. The van der Waals surface area contributed by atoms with Crippen molar-refractivity contribution in [3.63, 3.8) is 0 Å². The molecule has 5 heteroatoms. The smallest absolute Gasteiger partial charge is 0.220 e. The SMILES string of the molecule is COC1CC(NC(=O)C[C@@H]2CCC[C@H]2N)C1(C)C.Cl. The summed E-state index contributed by atoms with van der Waals surface area (Å²) in [5, 5.41) is 3.14. The molecule has 0 aromatic carbocycles. The van der Waals surface area contributed by atoms with Gasteiger partial charge in [0, 0.05) is 31.0 Å². The van der Waals surface area contributed by atoms with Crippen LogP contribution in [0.2, 0.25) is 0 Å². The van der Waals surface area contributed by atoms with Crippen molar-refractivity contribution in [3.05, 3.63) is 0 Å². The van der Waals surface area contributed by atoms with Gasteiger partial charge in [0.25, 0.3) is 0 Å². The average Bonchev–Trinajstić information content (AvgIpc) is 2.70. The minimum absolute atomic E-state index is 0. The first-order chi connectivity index (χ1) is 8.45. The van der Waals surface area contributed by atoms with E-state index in [0.717, 1.165) is 19.3 Å². The van der Waals surface area contributed by atoms with E-state index < -0.39 is 0 Å². The summed E-state index contributed by atoms with van der Waals surface area (Å²) in [4.78, 5) is 12.0. The third kappa shape index (κ3) is 3.41. The molecule has 112 valence electrons. The Kier molecular flexibility index (Phi) is 5.65. The highest BCUT2D eigenvalue weighted by atomic mass is 35.5. The standard InChI is InChI=1S/C14H26N2O2.ClH/c1-14(2)11(8-12(14)18-3)16-13(17)7-9-5-4-6-10(9)15;/h9-12H,4-8,15H2,1-3H3,(H,16,17);1H/t9-,10+,11?,12?;/m0./s1. The highest BCUT2D eigenvalue weighted by molar-refractivity contribution is 5.85. The Hall–Kier alpha value is -0.320. The fourth-order valence-corrected chi connectivity index (χ4v) is 3.34. The lowest BCUT2D eigenvalue weighted by atomic mass is 9.64. The van der Waals surface area contributed by atoms with Gasteiger partial charge < -0.3 is 15.8 Å². The van der Waals surface area contributed by atoms with Crippen LogP contribution < -0.4 is 11.1 Å². The first-order valence-electron chi connectivity index (χ1n) is 7.03. The number of carbonyl (C=O) groups is 1. The molecule has 1 amide bonds. The Morgan fingerprint density at radius 1 is 1.42 bits per heavy atom. The molecule has 2 rings (SSSR count). The van der Waals surface area contributed by atoms with Crippen molar-refractivity contribution in [1.29, 1.82) is 0 Å². The zero-order valence-electron chi connectivity index (χ0n) is 12.1. The van der Waals surface area contributed by atoms with Gasteiger partial charge in [0.1, 0.15) is 0 Å². The highest BCUT2D eigenvalue weighted by Crippen LogP contribution is 2.42. The number of methoxy groups -OCH3 is 1. The van der Waals surface area contributed by atoms with Gasteiger partial charge in [0.15, 0.2) is 0 Å². The molecule has 0 aliphatic heterocycles. The first-order valence-corrected chi connectivity index (χ1v) is 7.03. The molecule has 0 aromatic rings. The van der Waals surface area contributed by atoms with E-state index in [1.54, 1.807) is 7.11 Å². The number of hydrogen-bond donors (Lipinski definition) is 2. The lowest BCUT2D eigenvalue weighted by Crippen LogP contribution is -2.61. The molecular formula is C14H27ClN2O2. The molecule has 0 bridgehead atoms. The number of amides is 1. The molecule has 2 unspecified atom stereocenters. The zero-order chi connectivity index (χ0) is 13.3. The average molecular weight is 291 g/mol. The molecule has 0 saturated heterocycles. The molecule has 2 aliphatic carbocycles. The van der Waals surface area contributed by atoms with E-state index in [1.807, 2.05) is 0 Å². The fraction of sp³-hybridized carbons (Fsp3) is 0.929. The summed E-state index contributed by atoms with van der Waals surface area (Å²) in [6.45, 7) is 4.30. The van der Waals surface area contributed by atoms with Crippen molar-refractivity contribution >= 4 is 18.3 Å². The van der Waals surface area contributed by atoms with Crippen molar-refractivity contribution < 1.29 is 9.53 Å². The van der Waals surface area contributed by atoms with Crippen LogP contribution in [0.25, 0.3) is 0 Å². The minimum Gasteiger partial charge on any atom is -0.381 e. The topological polar surface area (TPSA) is 64.3 Å². The molecule has 2 aliphatic rings. The van der Waals surface area contributed by atoms with E-state index in [1.165, 1.54) is 6.42 Å². The molecule has 4 nitrogen and oxygen atoms in total. The van der Waals surface area contributed by atoms with Crippen molar-refractivity contribution in [2.24, 2.45) is 17.1 Å². The van der Waals surface area contributed by atoms with Gasteiger partial charge in [-0.25, -0.2) is 0 Å². The molecule has 2 fully saturated rings. The molecule has 2 saturated carbocycles. The Morgan fingerprint density at radius 3 is 2.58 bits per heavy atom. The third-order valence-corrected chi connectivity index (χ3v) is 4.96. The predicted molar refractivity (Wildman–Crippen MR) is 78.3 cm³/mol. The van der Waals surface area contributed by atoms with Crippen molar-refractivity contribution in [2.75, 3.05) is 7.11 Å². The summed E-state index contributed by atoms with van der Waals surface area (Å²) >= 11 is 0. The lowest BCUT2D eigenvalue weighted by Gasteiger charge is -2.51. The van der Waals surface area contributed by atoms with Gasteiger partial charge in [-0.2, -0.15) is 0 Å². The minimum atomic E-state index is 0. The number of hydrogen-bond acceptors (Lipinski definition) is 3. The van der Waals surface area contributed by atoms with Crippen LogP contribution in [0.3, 0.4) is 0 Å². The largest absolute Gasteiger partial charge is 0.381 e. The van der Waals surface area contributed by atoms with Crippen molar-refractivity contribution in [3.8, 4) is 0 Å². The van der Waals surface area contributed by atoms with Gasteiger partial charge in [-0.05, 0) is 25.2 Å². The van der Waals surface area contributed by atoms with Crippen LogP contribution in [0.15, 0.2) is 0 Å². The summed E-state index contributed by atoms with van der Waals surface area (Å²) in [7, 11) is 1.74. The predicted octanol–water partition coefficient (Wildman–Crippen LogP) is 1.86. The summed E-state index contributed by atoms with van der Waals surface area (Å²) in [6, 6.07) is 0.462. The Balaban J connectivity index is 0.00000180. The maximum atomic E-state index is 12.0. The Bertz CT molecular complexity index is 323. The van der Waals surface area contributed by atoms with E-state index in [2.05, 4.69) is 19.2 Å². The maximum absolute atomic E-state index is 12.0. The van der Waals surface area contributed by atoms with E-state index >= 15 is 0 Å². The van der Waals surface area contributed by atoms with Gasteiger partial charge in [-0.15, -0.1) is 12.4 Å². The summed E-state index contributed by atoms with van der Waals surface area (Å²) in [5.74, 6) is 0.538. The van der Waals surface area contributed by atoms with E-state index in [0.29, 0.717) is 12.3 Å². The number of nitrogens with one attached hydrogen (secondary N) is 1. The van der Waals surface area contributed by atoms with E-state index in [9.17, 15) is 4.79 Å². The van der Waals surface area contributed by atoms with Gasteiger partial charge >= 0.3 is 0 Å². The quantitative estimate of drug-likeness (QED) is 0.830. The van der Waals surface area contributed by atoms with Crippen LogP contribution >= 0.6 is 12.4 Å². The van der Waals surface area contributed by atoms with Crippen LogP contribution in [-0.2, 0) is 9.53 Å². The second-order valence-electron chi connectivity index (χ2n) is 6.46. The monoisotopic (exact) mass is 290 g/mol. The number of carbonyl (C=O) groups excluding carboxylic acids is 1. The molecule has 0 aromatic heterocycles. The van der Waals surface area contributed by atoms with Crippen molar-refractivity contribution in [1.82, 2.24) is 5.32 Å². The number of nitrogens with two attached hydrogens (primary N) is 1. The van der Waals surface area contributed by atoms with Crippen LogP contribution in [0, 0.1) is 11.3 Å². The molecule has 0 radical (unpaired) electrons. The molecule has 0 spiro atoms. The van der Waals surface area contributed by atoms with Crippen LogP contribution in [-0.4, -0.2) is 31.2 Å². The number of ether oxygens (including phenoxy) is 1. The van der Waals surface area contributed by atoms with E-state index in [-0.39, 0.29) is 41.9 Å². The Morgan fingerprint density at radius 2 is 2.11 bits per heavy atom. The maximum Gasteiger partial charge on any atom is 0.220 e. The van der Waals surface area contributed by atoms with Gasteiger partial charge in [0.2, 0.25) is 5.91 Å². The van der Waals surface area contributed by atoms with Crippen LogP contribution in [0.5, 0.6) is 0 Å². The summed E-state index contributed by atoms with van der Waals surface area (Å²) < 4.78 is 5.39. The van der Waals surface area contributed by atoms with E-state index in [4.69, 9.17) is 10.5 Å². The molecule has 3 N–H and O–H groups in total. The fourth-order valence-electron chi connectivity index (χ4n) is 3.34. The lowest BCUT2D eigenvalue weighted by molar-refractivity contribution is -0.133. The van der Waals surface area contributed by atoms with Crippen LogP contribution in [0.4, 0.5) is 0 Å². The second kappa shape index (κ2) is 6.42. The molecular weight excluding hydrogens is 264 g/mol. The molecule has 0 heterocycles. The van der Waals surface area contributed by atoms with Gasteiger partial charge in [-0.3, -0.25) is 4.79 Å². The second-order valence-corrected chi connectivity index (χ2v) is 6.46. The van der Waals surface area contributed by atoms with Gasteiger partial charge in [0.05, 0.1) is 6.10 Å². The van der Waals surface area contributed by atoms with Crippen LogP contribution in [0.1, 0.15) is 46.0 Å². The molecule has 19 heavy (non-hydrogen) atoms.